The van der Waals surface area contributed by atoms with Gasteiger partial charge < -0.3 is 10.6 Å². The third-order valence-corrected chi connectivity index (χ3v) is 3.24. The van der Waals surface area contributed by atoms with E-state index in [2.05, 4.69) is 31.7 Å². The van der Waals surface area contributed by atoms with Gasteiger partial charge in [-0.1, -0.05) is 15.9 Å². The zero-order chi connectivity index (χ0) is 14.2. The predicted molar refractivity (Wildman–Crippen MR) is 82.5 cm³/mol. The van der Waals surface area contributed by atoms with Crippen LogP contribution in [0.2, 0.25) is 0 Å². The summed E-state index contributed by atoms with van der Waals surface area (Å²) in [6.45, 7) is 1.96. The van der Waals surface area contributed by atoms with Crippen molar-refractivity contribution in [2.75, 3.05) is 18.4 Å². The average molecular weight is 337 g/mol. The normalized spacial score (nSPS) is 10.4. The first-order valence-electron chi connectivity index (χ1n) is 6.47. The van der Waals surface area contributed by atoms with Gasteiger partial charge in [-0.3, -0.25) is 9.48 Å². The van der Waals surface area contributed by atoms with Crippen molar-refractivity contribution in [1.29, 1.82) is 0 Å². The zero-order valence-electron chi connectivity index (χ0n) is 11.1. The number of nitrogens with zero attached hydrogens (tertiary/aromatic N) is 2. The van der Waals surface area contributed by atoms with Gasteiger partial charge in [0.1, 0.15) is 0 Å². The van der Waals surface area contributed by atoms with Gasteiger partial charge in [0.25, 0.3) is 0 Å². The van der Waals surface area contributed by atoms with E-state index in [1.165, 1.54) is 0 Å². The smallest absolute Gasteiger partial charge is 0.238 e. The fourth-order valence-electron chi connectivity index (χ4n) is 1.74. The molecule has 2 rings (SSSR count). The van der Waals surface area contributed by atoms with Crippen LogP contribution in [0, 0.1) is 0 Å². The molecule has 0 aliphatic carbocycles. The van der Waals surface area contributed by atoms with Crippen LogP contribution >= 0.6 is 15.9 Å². The number of benzene rings is 1. The minimum Gasteiger partial charge on any atom is -0.325 e. The third kappa shape index (κ3) is 5.14. The number of amides is 1. The summed E-state index contributed by atoms with van der Waals surface area (Å²) in [5, 5.41) is 10.1. The largest absolute Gasteiger partial charge is 0.325 e. The highest BCUT2D eigenvalue weighted by Crippen LogP contribution is 2.13. The van der Waals surface area contributed by atoms with Crippen molar-refractivity contribution in [3.05, 3.63) is 47.2 Å². The minimum absolute atomic E-state index is 0.0357. The molecule has 0 fully saturated rings. The lowest BCUT2D eigenvalue weighted by molar-refractivity contribution is -0.115. The zero-order valence-corrected chi connectivity index (χ0v) is 12.6. The first-order valence-corrected chi connectivity index (χ1v) is 7.27. The highest BCUT2D eigenvalue weighted by Gasteiger charge is 2.01. The Morgan fingerprint density at radius 3 is 2.80 bits per heavy atom. The lowest BCUT2D eigenvalue weighted by atomic mass is 10.3. The highest BCUT2D eigenvalue weighted by atomic mass is 79.9. The lowest BCUT2D eigenvalue weighted by Crippen LogP contribution is -2.29. The molecule has 0 bridgehead atoms. The number of aromatic nitrogens is 2. The van der Waals surface area contributed by atoms with Crippen LogP contribution in [0.5, 0.6) is 0 Å². The SMILES string of the molecule is O=C(CNCCCn1cccn1)Nc1ccc(Br)cc1. The van der Waals surface area contributed by atoms with Crippen LogP contribution in [-0.2, 0) is 11.3 Å². The Morgan fingerprint density at radius 2 is 2.10 bits per heavy atom. The summed E-state index contributed by atoms with van der Waals surface area (Å²) in [7, 11) is 0. The molecule has 0 aliphatic rings. The van der Waals surface area contributed by atoms with Crippen LogP contribution < -0.4 is 10.6 Å². The number of aryl methyl sites for hydroxylation is 1. The van der Waals surface area contributed by atoms with Gasteiger partial charge in [-0.05, 0) is 43.3 Å². The van der Waals surface area contributed by atoms with Crippen molar-refractivity contribution in [1.82, 2.24) is 15.1 Å². The second-order valence-electron chi connectivity index (χ2n) is 4.35. The first-order chi connectivity index (χ1) is 9.74. The Hall–Kier alpha value is -1.66. The van der Waals surface area contributed by atoms with Crippen molar-refractivity contribution < 1.29 is 4.79 Å². The van der Waals surface area contributed by atoms with Gasteiger partial charge in [0.2, 0.25) is 5.91 Å². The van der Waals surface area contributed by atoms with Gasteiger partial charge in [0.05, 0.1) is 6.54 Å². The van der Waals surface area contributed by atoms with Crippen molar-refractivity contribution in [3.63, 3.8) is 0 Å². The number of halogens is 1. The average Bonchev–Trinajstić information content (AvgIpc) is 2.94. The van der Waals surface area contributed by atoms with E-state index in [-0.39, 0.29) is 5.91 Å². The van der Waals surface area contributed by atoms with Gasteiger partial charge in [-0.2, -0.15) is 5.10 Å². The molecule has 106 valence electrons. The Labute approximate surface area is 126 Å². The highest BCUT2D eigenvalue weighted by molar-refractivity contribution is 9.10. The number of nitrogens with one attached hydrogen (secondary N) is 2. The molecule has 2 N–H and O–H groups in total. The molecule has 1 aromatic heterocycles. The summed E-state index contributed by atoms with van der Waals surface area (Å²) in [4.78, 5) is 11.7. The molecule has 0 unspecified atom stereocenters. The maximum absolute atomic E-state index is 11.7. The van der Waals surface area contributed by atoms with E-state index in [9.17, 15) is 4.79 Å². The van der Waals surface area contributed by atoms with Gasteiger partial charge in [0, 0.05) is 29.1 Å². The van der Waals surface area contributed by atoms with E-state index in [0.29, 0.717) is 6.54 Å². The van der Waals surface area contributed by atoms with Crippen molar-refractivity contribution in [2.45, 2.75) is 13.0 Å². The number of hydrogen-bond acceptors (Lipinski definition) is 3. The van der Waals surface area contributed by atoms with Crippen molar-refractivity contribution >= 4 is 27.5 Å². The van der Waals surface area contributed by atoms with Gasteiger partial charge in [0.15, 0.2) is 0 Å². The number of carbonyl (C=O) groups is 1. The molecule has 2 aromatic rings. The van der Waals surface area contributed by atoms with Crippen molar-refractivity contribution in [2.24, 2.45) is 0 Å². The number of carbonyl (C=O) groups excluding carboxylic acids is 1. The maximum Gasteiger partial charge on any atom is 0.238 e. The fourth-order valence-corrected chi connectivity index (χ4v) is 2.00. The summed E-state index contributed by atoms with van der Waals surface area (Å²) >= 11 is 3.36. The molecule has 1 aromatic carbocycles. The van der Waals surface area contributed by atoms with Gasteiger partial charge >= 0.3 is 0 Å². The molecular formula is C14H17BrN4O. The van der Waals surface area contributed by atoms with E-state index in [4.69, 9.17) is 0 Å². The predicted octanol–water partition coefficient (Wildman–Crippen LogP) is 2.26. The molecule has 0 aliphatic heterocycles. The van der Waals surface area contributed by atoms with Crippen LogP contribution in [0.4, 0.5) is 5.69 Å². The summed E-state index contributed by atoms with van der Waals surface area (Å²) in [6.07, 6.45) is 4.63. The van der Waals surface area contributed by atoms with Crippen LogP contribution in [0.1, 0.15) is 6.42 Å². The number of rotatable bonds is 7. The molecule has 0 atom stereocenters. The summed E-state index contributed by atoms with van der Waals surface area (Å²) in [5.41, 5.74) is 0.802. The Kier molecular flexibility index (Phi) is 5.76. The Morgan fingerprint density at radius 1 is 1.30 bits per heavy atom. The molecule has 0 spiro atoms. The van der Waals surface area contributed by atoms with Crippen LogP contribution in [0.3, 0.4) is 0 Å². The van der Waals surface area contributed by atoms with E-state index in [1.54, 1.807) is 6.20 Å². The molecule has 20 heavy (non-hydrogen) atoms. The molecule has 0 radical (unpaired) electrons. The Balaban J connectivity index is 1.59. The molecule has 0 saturated heterocycles. The van der Waals surface area contributed by atoms with E-state index < -0.39 is 0 Å². The summed E-state index contributed by atoms with van der Waals surface area (Å²) < 4.78 is 2.87. The number of anilines is 1. The molecule has 6 heteroatoms. The monoisotopic (exact) mass is 336 g/mol. The second kappa shape index (κ2) is 7.81. The van der Waals surface area contributed by atoms with Crippen LogP contribution in [-0.4, -0.2) is 28.8 Å². The van der Waals surface area contributed by atoms with Gasteiger partial charge in [-0.25, -0.2) is 0 Å². The summed E-state index contributed by atoms with van der Waals surface area (Å²) in [6, 6.07) is 9.42. The maximum atomic E-state index is 11.7. The number of hydrogen-bond donors (Lipinski definition) is 2. The molecule has 0 saturated carbocycles. The summed E-state index contributed by atoms with van der Waals surface area (Å²) in [5.74, 6) is -0.0357. The topological polar surface area (TPSA) is 59.0 Å². The fraction of sp³-hybridized carbons (Fsp3) is 0.286. The van der Waals surface area contributed by atoms with E-state index in [1.807, 2.05) is 41.2 Å². The van der Waals surface area contributed by atoms with E-state index in [0.717, 1.165) is 29.7 Å². The standard InChI is InChI=1S/C14H17BrN4O/c15-12-3-5-13(6-4-12)18-14(20)11-16-7-1-9-19-10-2-8-17-19/h2-6,8,10,16H,1,7,9,11H2,(H,18,20). The van der Waals surface area contributed by atoms with Crippen LogP contribution in [0.25, 0.3) is 0 Å². The third-order valence-electron chi connectivity index (χ3n) is 2.71. The molecule has 1 heterocycles. The van der Waals surface area contributed by atoms with Crippen LogP contribution in [0.15, 0.2) is 47.2 Å². The van der Waals surface area contributed by atoms with Gasteiger partial charge in [-0.15, -0.1) is 0 Å². The lowest BCUT2D eigenvalue weighted by Gasteiger charge is -2.07. The molecular weight excluding hydrogens is 320 g/mol. The Bertz CT molecular complexity index is 525. The molecule has 5 nitrogen and oxygen atoms in total. The van der Waals surface area contributed by atoms with Crippen molar-refractivity contribution in [3.8, 4) is 0 Å². The second-order valence-corrected chi connectivity index (χ2v) is 5.27. The minimum atomic E-state index is -0.0357. The first kappa shape index (κ1) is 14.7. The van der Waals surface area contributed by atoms with E-state index >= 15 is 0 Å². The molecule has 1 amide bonds. The quantitative estimate of drug-likeness (QED) is 0.762.